The van der Waals surface area contributed by atoms with Gasteiger partial charge in [0.15, 0.2) is 11.6 Å². The summed E-state index contributed by atoms with van der Waals surface area (Å²) in [6.07, 6.45) is 10.6. The van der Waals surface area contributed by atoms with Crippen molar-refractivity contribution in [2.24, 2.45) is 50.2 Å². The van der Waals surface area contributed by atoms with Crippen LogP contribution in [0.2, 0.25) is 0 Å². The number of carbonyl (C=O) groups is 3. The lowest BCUT2D eigenvalue weighted by Gasteiger charge is -2.70. The van der Waals surface area contributed by atoms with E-state index in [0.717, 1.165) is 57.7 Å². The fraction of sp³-hybridized carbons (Fsp3) is 0.848. The minimum Gasteiger partial charge on any atom is -0.469 e. The quantitative estimate of drug-likeness (QED) is 0.313. The standard InChI is InChI=1S/C33H48O6/c1-27(2)10-13-32(26(36)37-7)14-12-30(5)25(21(32)19-27)22(35)18-24-28(3)11-15-33(38-16-17-39-33)31(6,20-34)23(28)8-9-29(24,30)4/h18,20-21,23,25H,8-17,19H2,1-7H3/t21-,23?,25-,28-,29+,30+,31-,32-/m0/s1. The summed E-state index contributed by atoms with van der Waals surface area (Å²) in [5.74, 6) is -0.985. The molecule has 0 aromatic carbocycles. The number of allylic oxidation sites excluding steroid dienone is 2. The van der Waals surface area contributed by atoms with Crippen LogP contribution in [0, 0.1) is 50.2 Å². The van der Waals surface area contributed by atoms with Gasteiger partial charge < -0.3 is 19.0 Å². The van der Waals surface area contributed by atoms with Crippen LogP contribution in [0.3, 0.4) is 0 Å². The molecule has 0 aromatic rings. The number of aldehydes is 1. The van der Waals surface area contributed by atoms with E-state index in [1.165, 1.54) is 12.7 Å². The van der Waals surface area contributed by atoms with Gasteiger partial charge in [-0.05, 0) is 97.9 Å². The third kappa shape index (κ3) is 3.19. The average molecular weight is 541 g/mol. The molecule has 6 rings (SSSR count). The van der Waals surface area contributed by atoms with Gasteiger partial charge in [0.2, 0.25) is 0 Å². The summed E-state index contributed by atoms with van der Waals surface area (Å²) >= 11 is 0. The number of hydrogen-bond donors (Lipinski definition) is 0. The van der Waals surface area contributed by atoms with Crippen LogP contribution in [0.4, 0.5) is 0 Å². The molecule has 0 N–H and O–H groups in total. The Hall–Kier alpha value is -1.53. The Morgan fingerprint density at radius 1 is 0.949 bits per heavy atom. The first kappa shape index (κ1) is 27.6. The van der Waals surface area contributed by atoms with E-state index in [4.69, 9.17) is 14.2 Å². The summed E-state index contributed by atoms with van der Waals surface area (Å²) in [5.41, 5.74) is -0.777. The molecule has 4 saturated carbocycles. The van der Waals surface area contributed by atoms with Gasteiger partial charge in [0.25, 0.3) is 0 Å². The number of methoxy groups -OCH3 is 1. The lowest BCUT2D eigenvalue weighted by Crippen LogP contribution is -2.68. The molecular formula is C33H48O6. The van der Waals surface area contributed by atoms with Gasteiger partial charge in [-0.25, -0.2) is 0 Å². The first-order valence-corrected chi connectivity index (χ1v) is 15.3. The molecule has 216 valence electrons. The third-order valence-corrected chi connectivity index (χ3v) is 13.8. The van der Waals surface area contributed by atoms with Gasteiger partial charge in [0.05, 0.1) is 31.2 Å². The molecule has 1 spiro atoms. The minimum atomic E-state index is -0.864. The van der Waals surface area contributed by atoms with Crippen LogP contribution in [0.15, 0.2) is 11.6 Å². The highest BCUT2D eigenvalue weighted by molar-refractivity contribution is 5.96. The van der Waals surface area contributed by atoms with Crippen LogP contribution in [0.1, 0.15) is 99.3 Å². The maximum Gasteiger partial charge on any atom is 0.312 e. The van der Waals surface area contributed by atoms with E-state index in [1.807, 2.05) is 13.0 Å². The number of hydrogen-bond acceptors (Lipinski definition) is 6. The second kappa shape index (κ2) is 8.27. The molecule has 8 atom stereocenters. The van der Waals surface area contributed by atoms with Crippen molar-refractivity contribution < 1.29 is 28.6 Å². The van der Waals surface area contributed by atoms with Crippen molar-refractivity contribution >= 4 is 18.0 Å². The molecule has 1 heterocycles. The predicted molar refractivity (Wildman–Crippen MR) is 146 cm³/mol. The number of carbonyl (C=O) groups excluding carboxylic acids is 3. The largest absolute Gasteiger partial charge is 0.469 e. The van der Waals surface area contributed by atoms with E-state index < -0.39 is 16.6 Å². The van der Waals surface area contributed by atoms with E-state index in [9.17, 15) is 14.4 Å². The van der Waals surface area contributed by atoms with Crippen molar-refractivity contribution in [2.75, 3.05) is 20.3 Å². The Balaban J connectivity index is 1.47. The lowest BCUT2D eigenvalue weighted by molar-refractivity contribution is -0.278. The van der Waals surface area contributed by atoms with Crippen molar-refractivity contribution in [3.8, 4) is 0 Å². The highest BCUT2D eigenvalue weighted by Gasteiger charge is 2.73. The summed E-state index contributed by atoms with van der Waals surface area (Å²) in [4.78, 5) is 40.8. The minimum absolute atomic E-state index is 0.0183. The summed E-state index contributed by atoms with van der Waals surface area (Å²) in [7, 11) is 1.50. The van der Waals surface area contributed by atoms with Gasteiger partial charge in [-0.2, -0.15) is 0 Å². The Morgan fingerprint density at radius 2 is 1.62 bits per heavy atom. The number of rotatable bonds is 2. The second-order valence-corrected chi connectivity index (χ2v) is 15.7. The van der Waals surface area contributed by atoms with Gasteiger partial charge in [0.1, 0.15) is 6.29 Å². The number of esters is 1. The molecule has 1 aliphatic heterocycles. The number of ether oxygens (including phenoxy) is 3. The van der Waals surface area contributed by atoms with E-state index >= 15 is 0 Å². The third-order valence-electron chi connectivity index (χ3n) is 13.8. The highest BCUT2D eigenvalue weighted by atomic mass is 16.7. The maximum absolute atomic E-state index is 14.5. The van der Waals surface area contributed by atoms with Crippen LogP contribution in [0.25, 0.3) is 0 Å². The molecule has 5 aliphatic carbocycles. The van der Waals surface area contributed by atoms with Crippen molar-refractivity contribution in [1.82, 2.24) is 0 Å². The SMILES string of the molecule is COC(=O)[C@]12CCC(C)(C)C[C@H]1[C@H]1C(=O)C=C3[C@@]4(C)CCC5(OCCO5)[C@@](C)(C=O)C4CC[C@@]3(C)[C@]1(C)CC2. The van der Waals surface area contributed by atoms with Gasteiger partial charge >= 0.3 is 5.97 Å². The summed E-state index contributed by atoms with van der Waals surface area (Å²) < 4.78 is 17.9. The normalized spacial score (nSPS) is 49.7. The van der Waals surface area contributed by atoms with Gasteiger partial charge in [0, 0.05) is 12.3 Å². The van der Waals surface area contributed by atoms with Crippen LogP contribution >= 0.6 is 0 Å². The average Bonchev–Trinajstić information content (AvgIpc) is 3.38. The molecule has 6 nitrogen and oxygen atoms in total. The Kier molecular flexibility index (Phi) is 5.86. The van der Waals surface area contributed by atoms with Crippen LogP contribution in [-0.2, 0) is 28.6 Å². The van der Waals surface area contributed by atoms with E-state index in [-0.39, 0.29) is 51.2 Å². The zero-order valence-corrected chi connectivity index (χ0v) is 25.1. The monoisotopic (exact) mass is 540 g/mol. The van der Waals surface area contributed by atoms with Crippen molar-refractivity contribution in [3.05, 3.63) is 11.6 Å². The fourth-order valence-electron chi connectivity index (χ4n) is 11.3. The predicted octanol–water partition coefficient (Wildman–Crippen LogP) is 6.06. The maximum atomic E-state index is 14.5. The van der Waals surface area contributed by atoms with Gasteiger partial charge in [-0.3, -0.25) is 9.59 Å². The summed E-state index contributed by atoms with van der Waals surface area (Å²) in [6, 6.07) is 0. The first-order chi connectivity index (χ1) is 18.2. The summed E-state index contributed by atoms with van der Waals surface area (Å²) in [5, 5.41) is 0. The van der Waals surface area contributed by atoms with Gasteiger partial charge in [-0.15, -0.1) is 0 Å². The molecule has 0 radical (unpaired) electrons. The van der Waals surface area contributed by atoms with E-state index in [2.05, 4.69) is 34.6 Å². The molecule has 6 heteroatoms. The molecule has 39 heavy (non-hydrogen) atoms. The Labute approximate surface area is 234 Å². The number of ketones is 1. The molecule has 0 bridgehead atoms. The Bertz CT molecular complexity index is 1130. The molecular weight excluding hydrogens is 492 g/mol. The smallest absolute Gasteiger partial charge is 0.312 e. The second-order valence-electron chi connectivity index (χ2n) is 15.7. The number of fused-ring (bicyclic) bond motifs is 7. The fourth-order valence-corrected chi connectivity index (χ4v) is 11.3. The molecule has 1 unspecified atom stereocenters. The van der Waals surface area contributed by atoms with Crippen LogP contribution in [-0.4, -0.2) is 44.1 Å². The van der Waals surface area contributed by atoms with E-state index in [1.54, 1.807) is 0 Å². The lowest BCUT2D eigenvalue weighted by atomic mass is 9.33. The van der Waals surface area contributed by atoms with Crippen molar-refractivity contribution in [2.45, 2.75) is 105 Å². The van der Waals surface area contributed by atoms with Crippen LogP contribution in [0.5, 0.6) is 0 Å². The van der Waals surface area contributed by atoms with Crippen molar-refractivity contribution in [3.63, 3.8) is 0 Å². The molecule has 0 amide bonds. The topological polar surface area (TPSA) is 78.9 Å². The van der Waals surface area contributed by atoms with Gasteiger partial charge in [-0.1, -0.05) is 40.2 Å². The van der Waals surface area contributed by atoms with E-state index in [0.29, 0.717) is 19.6 Å². The summed E-state index contributed by atoms with van der Waals surface area (Å²) in [6.45, 7) is 14.7. The molecule has 0 aromatic heterocycles. The zero-order chi connectivity index (χ0) is 28.3. The first-order valence-electron chi connectivity index (χ1n) is 15.3. The molecule has 6 aliphatic rings. The molecule has 1 saturated heterocycles. The zero-order valence-electron chi connectivity index (χ0n) is 25.1. The van der Waals surface area contributed by atoms with Crippen LogP contribution < -0.4 is 0 Å². The highest BCUT2D eigenvalue weighted by Crippen LogP contribution is 2.76. The Morgan fingerprint density at radius 3 is 2.26 bits per heavy atom. The van der Waals surface area contributed by atoms with Crippen molar-refractivity contribution in [1.29, 1.82) is 0 Å². The molecule has 5 fully saturated rings.